The van der Waals surface area contributed by atoms with Crippen LogP contribution in [0.1, 0.15) is 26.7 Å². The van der Waals surface area contributed by atoms with E-state index in [0.29, 0.717) is 18.6 Å². The quantitative estimate of drug-likeness (QED) is 0.570. The van der Waals surface area contributed by atoms with E-state index in [4.69, 9.17) is 0 Å². The van der Waals surface area contributed by atoms with Gasteiger partial charge in [-0.3, -0.25) is 4.79 Å². The third-order valence-corrected chi connectivity index (χ3v) is 2.26. The van der Waals surface area contributed by atoms with E-state index < -0.39 is 0 Å². The topological polar surface area (TPSA) is 20.3 Å². The molecule has 1 heterocycles. The third-order valence-electron chi connectivity index (χ3n) is 2.26. The van der Waals surface area contributed by atoms with Crippen LogP contribution in [0.5, 0.6) is 0 Å². The molecule has 0 aliphatic carbocycles. The highest BCUT2D eigenvalue weighted by Gasteiger charge is 2.31. The summed E-state index contributed by atoms with van der Waals surface area (Å²) < 4.78 is 0. The van der Waals surface area contributed by atoms with Gasteiger partial charge >= 0.3 is 0 Å². The molecule has 62 valence electrons. The number of nitrogens with zero attached hydrogens (tertiary/aromatic N) is 1. The Balaban J connectivity index is 2.71. The molecule has 0 unspecified atom stereocenters. The van der Waals surface area contributed by atoms with Crippen LogP contribution in [0, 0.1) is 0 Å². The molecule has 0 aromatic carbocycles. The standard InChI is InChI=1S/C9H15NO/c1-4-10-6-5-8(11)7-9(10,2)3/h4H,1,5-7H2,2-3H3. The van der Waals surface area contributed by atoms with Crippen molar-refractivity contribution in [2.45, 2.75) is 32.2 Å². The molecule has 0 aromatic rings. The lowest BCUT2D eigenvalue weighted by atomic mass is 9.90. The van der Waals surface area contributed by atoms with Gasteiger partial charge in [-0.2, -0.15) is 0 Å². The van der Waals surface area contributed by atoms with Crippen LogP contribution in [-0.4, -0.2) is 22.8 Å². The molecule has 11 heavy (non-hydrogen) atoms. The number of ketones is 1. The van der Waals surface area contributed by atoms with E-state index in [1.54, 1.807) is 0 Å². The summed E-state index contributed by atoms with van der Waals surface area (Å²) in [4.78, 5) is 13.2. The van der Waals surface area contributed by atoms with Crippen LogP contribution in [0.2, 0.25) is 0 Å². The second kappa shape index (κ2) is 2.68. The van der Waals surface area contributed by atoms with Crippen LogP contribution in [0.3, 0.4) is 0 Å². The van der Waals surface area contributed by atoms with E-state index in [-0.39, 0.29) is 5.54 Å². The molecule has 0 aromatic heterocycles. The van der Waals surface area contributed by atoms with E-state index in [9.17, 15) is 4.79 Å². The van der Waals surface area contributed by atoms with Gasteiger partial charge in [0.05, 0.1) is 0 Å². The first-order valence-corrected chi connectivity index (χ1v) is 3.97. The Morgan fingerprint density at radius 1 is 1.64 bits per heavy atom. The van der Waals surface area contributed by atoms with E-state index in [1.807, 2.05) is 6.20 Å². The van der Waals surface area contributed by atoms with Gasteiger partial charge in [-0.1, -0.05) is 6.58 Å². The third kappa shape index (κ3) is 1.62. The maximum Gasteiger partial charge on any atom is 0.136 e. The molecule has 1 aliphatic rings. The van der Waals surface area contributed by atoms with Crippen molar-refractivity contribution in [3.8, 4) is 0 Å². The lowest BCUT2D eigenvalue weighted by Crippen LogP contribution is -2.46. The second-order valence-electron chi connectivity index (χ2n) is 3.65. The van der Waals surface area contributed by atoms with Crippen molar-refractivity contribution in [1.82, 2.24) is 4.90 Å². The van der Waals surface area contributed by atoms with E-state index >= 15 is 0 Å². The van der Waals surface area contributed by atoms with Gasteiger partial charge in [-0.15, -0.1) is 0 Å². The number of carbonyl (C=O) groups is 1. The minimum absolute atomic E-state index is 0.0168. The fourth-order valence-electron chi connectivity index (χ4n) is 1.56. The predicted molar refractivity (Wildman–Crippen MR) is 45.2 cm³/mol. The van der Waals surface area contributed by atoms with Gasteiger partial charge in [0, 0.05) is 24.9 Å². The van der Waals surface area contributed by atoms with Gasteiger partial charge in [-0.25, -0.2) is 0 Å². The lowest BCUT2D eigenvalue weighted by molar-refractivity contribution is -0.124. The van der Waals surface area contributed by atoms with Crippen molar-refractivity contribution in [3.63, 3.8) is 0 Å². The molecule has 1 saturated heterocycles. The summed E-state index contributed by atoms with van der Waals surface area (Å²) in [7, 11) is 0. The van der Waals surface area contributed by atoms with Crippen LogP contribution in [0.25, 0.3) is 0 Å². The molecule has 0 amide bonds. The first-order chi connectivity index (χ1) is 5.06. The first-order valence-electron chi connectivity index (χ1n) is 3.97. The SMILES string of the molecule is C=CN1CCC(=O)CC1(C)C. The summed E-state index contributed by atoms with van der Waals surface area (Å²) in [5, 5.41) is 0. The van der Waals surface area contributed by atoms with Crippen molar-refractivity contribution >= 4 is 5.78 Å². The minimum atomic E-state index is -0.0168. The molecule has 0 atom stereocenters. The molecule has 2 nitrogen and oxygen atoms in total. The van der Waals surface area contributed by atoms with Crippen molar-refractivity contribution in [3.05, 3.63) is 12.8 Å². The van der Waals surface area contributed by atoms with Gasteiger partial charge < -0.3 is 4.90 Å². The Morgan fingerprint density at radius 2 is 2.27 bits per heavy atom. The summed E-state index contributed by atoms with van der Waals surface area (Å²) in [6.45, 7) is 8.70. The smallest absolute Gasteiger partial charge is 0.136 e. The molecular weight excluding hydrogens is 138 g/mol. The van der Waals surface area contributed by atoms with Gasteiger partial charge in [0.2, 0.25) is 0 Å². The maximum atomic E-state index is 11.1. The summed E-state index contributed by atoms with van der Waals surface area (Å²) in [6.07, 6.45) is 3.15. The van der Waals surface area contributed by atoms with Crippen molar-refractivity contribution < 1.29 is 4.79 Å². The number of hydrogen-bond acceptors (Lipinski definition) is 2. The summed E-state index contributed by atoms with van der Waals surface area (Å²) >= 11 is 0. The van der Waals surface area contributed by atoms with E-state index in [2.05, 4.69) is 25.3 Å². The predicted octanol–water partition coefficient (Wildman–Crippen LogP) is 1.57. The first kappa shape index (κ1) is 8.31. The Kier molecular flexibility index (Phi) is 2.03. The zero-order chi connectivity index (χ0) is 8.48. The highest BCUT2D eigenvalue weighted by molar-refractivity contribution is 5.80. The molecule has 1 aliphatic heterocycles. The second-order valence-corrected chi connectivity index (χ2v) is 3.65. The highest BCUT2D eigenvalue weighted by atomic mass is 16.1. The molecule has 2 heteroatoms. The molecule has 0 spiro atoms. The molecule has 1 rings (SSSR count). The number of hydrogen-bond donors (Lipinski definition) is 0. The van der Waals surface area contributed by atoms with Crippen molar-refractivity contribution in [2.24, 2.45) is 0 Å². The monoisotopic (exact) mass is 153 g/mol. The van der Waals surface area contributed by atoms with E-state index in [0.717, 1.165) is 6.54 Å². The molecule has 0 saturated carbocycles. The van der Waals surface area contributed by atoms with Gasteiger partial charge in [0.1, 0.15) is 5.78 Å². The van der Waals surface area contributed by atoms with Crippen molar-refractivity contribution in [2.75, 3.05) is 6.54 Å². The van der Waals surface area contributed by atoms with Crippen LogP contribution < -0.4 is 0 Å². The molecule has 0 N–H and O–H groups in total. The van der Waals surface area contributed by atoms with Crippen LogP contribution in [0.15, 0.2) is 12.8 Å². The van der Waals surface area contributed by atoms with Crippen molar-refractivity contribution in [1.29, 1.82) is 0 Å². The van der Waals surface area contributed by atoms with Gasteiger partial charge in [0.25, 0.3) is 0 Å². The normalized spacial score (nSPS) is 23.5. The van der Waals surface area contributed by atoms with Crippen LogP contribution in [-0.2, 0) is 4.79 Å². The van der Waals surface area contributed by atoms with Crippen LogP contribution >= 0.6 is 0 Å². The molecule has 1 fully saturated rings. The highest BCUT2D eigenvalue weighted by Crippen LogP contribution is 2.24. The average molecular weight is 153 g/mol. The average Bonchev–Trinajstić information content (AvgIpc) is 1.85. The fourth-order valence-corrected chi connectivity index (χ4v) is 1.56. The fraction of sp³-hybridized carbons (Fsp3) is 0.667. The minimum Gasteiger partial charge on any atom is -0.372 e. The largest absolute Gasteiger partial charge is 0.372 e. The van der Waals surface area contributed by atoms with E-state index in [1.165, 1.54) is 0 Å². The summed E-state index contributed by atoms with van der Waals surface area (Å²) in [5.74, 6) is 0.369. The van der Waals surface area contributed by atoms with Gasteiger partial charge in [0.15, 0.2) is 0 Å². The summed E-state index contributed by atoms with van der Waals surface area (Å²) in [5.41, 5.74) is -0.0168. The Bertz CT molecular complexity index is 184. The maximum absolute atomic E-state index is 11.1. The number of Topliss-reactive ketones (excluding diaryl/α,β-unsaturated/α-hetero) is 1. The number of carbonyl (C=O) groups excluding carboxylic acids is 1. The van der Waals surface area contributed by atoms with Gasteiger partial charge in [-0.05, 0) is 20.0 Å². The molecular formula is C9H15NO. The Hall–Kier alpha value is -0.790. The lowest BCUT2D eigenvalue weighted by Gasteiger charge is -2.40. The zero-order valence-electron chi connectivity index (χ0n) is 7.26. The molecule has 0 radical (unpaired) electrons. The molecule has 0 bridgehead atoms. The summed E-state index contributed by atoms with van der Waals surface area (Å²) in [6, 6.07) is 0. The number of rotatable bonds is 1. The van der Waals surface area contributed by atoms with Crippen LogP contribution in [0.4, 0.5) is 0 Å². The Labute approximate surface area is 67.9 Å². The number of piperidine rings is 1. The zero-order valence-corrected chi connectivity index (χ0v) is 7.26. The number of likely N-dealkylation sites (tertiary alicyclic amines) is 1. The Morgan fingerprint density at radius 3 is 2.73 bits per heavy atom.